The maximum Gasteiger partial charge on any atom is 0.320 e. The number of carbonyl (C=O) groups is 2. The lowest BCUT2D eigenvalue weighted by Gasteiger charge is -2.62. The molecular formula is C21H30O7. The molecular weight excluding hydrogens is 364 g/mol. The lowest BCUT2D eigenvalue weighted by atomic mass is 9.43. The Kier molecular flexibility index (Phi) is 3.91. The van der Waals surface area contributed by atoms with Gasteiger partial charge in [-0.25, -0.2) is 0 Å². The second-order valence-electron chi connectivity index (χ2n) is 10.4. The molecule has 0 radical (unpaired) electrons. The van der Waals surface area contributed by atoms with E-state index in [0.717, 1.165) is 6.42 Å². The first-order chi connectivity index (χ1) is 13.2. The van der Waals surface area contributed by atoms with Crippen molar-refractivity contribution in [1.29, 1.82) is 0 Å². The number of ether oxygens (including phenoxy) is 3. The van der Waals surface area contributed by atoms with Crippen molar-refractivity contribution >= 4 is 11.8 Å². The molecule has 2 spiro atoms. The fraction of sp³-hybridized carbons (Fsp3) is 0.905. The van der Waals surface area contributed by atoms with Gasteiger partial charge in [-0.1, -0.05) is 13.8 Å². The van der Waals surface area contributed by atoms with Gasteiger partial charge in [0.15, 0.2) is 12.1 Å². The third kappa shape index (κ3) is 1.99. The van der Waals surface area contributed by atoms with Crippen LogP contribution in [0.25, 0.3) is 0 Å². The Labute approximate surface area is 164 Å². The van der Waals surface area contributed by atoms with Crippen LogP contribution in [0, 0.1) is 39.9 Å². The average Bonchev–Trinajstić information content (AvgIpc) is 3.08. The SMILES string of the molecule is COC[C@H]1C(=O)[C@]23C[C@H]1C[C@H](O)[C@H]2C12CO[C@@H](O)C1C(C)(C)CC[C@@H]2OC3=O. The van der Waals surface area contributed by atoms with Crippen LogP contribution in [0.4, 0.5) is 0 Å². The Hall–Kier alpha value is -1.02. The number of fused-ring (bicyclic) bond motifs is 1. The highest BCUT2D eigenvalue weighted by molar-refractivity contribution is 6.08. The van der Waals surface area contributed by atoms with Crippen LogP contribution in [0.2, 0.25) is 0 Å². The second kappa shape index (κ2) is 5.78. The van der Waals surface area contributed by atoms with E-state index in [1.165, 1.54) is 0 Å². The van der Waals surface area contributed by atoms with Crippen LogP contribution >= 0.6 is 0 Å². The Morgan fingerprint density at radius 2 is 1.96 bits per heavy atom. The molecule has 0 aromatic carbocycles. The van der Waals surface area contributed by atoms with E-state index >= 15 is 0 Å². The molecule has 2 saturated heterocycles. The quantitative estimate of drug-likeness (QED) is 0.530. The maximum atomic E-state index is 13.6. The summed E-state index contributed by atoms with van der Waals surface area (Å²) in [6.07, 6.45) is 0.0922. The number of carbonyl (C=O) groups excluding carboxylic acids is 2. The summed E-state index contributed by atoms with van der Waals surface area (Å²) in [5.74, 6) is -2.00. The van der Waals surface area contributed by atoms with Crippen LogP contribution < -0.4 is 0 Å². The molecule has 2 heterocycles. The summed E-state index contributed by atoms with van der Waals surface area (Å²) in [4.78, 5) is 26.9. The van der Waals surface area contributed by atoms with E-state index in [1.54, 1.807) is 7.11 Å². The molecule has 28 heavy (non-hydrogen) atoms. The number of aliphatic hydroxyl groups is 2. The number of esters is 1. The fourth-order valence-electron chi connectivity index (χ4n) is 7.92. The Morgan fingerprint density at radius 3 is 2.68 bits per heavy atom. The third-order valence-electron chi connectivity index (χ3n) is 8.79. The number of rotatable bonds is 2. The van der Waals surface area contributed by atoms with Gasteiger partial charge in [-0.3, -0.25) is 9.59 Å². The molecule has 9 atom stereocenters. The first-order valence-electron chi connectivity index (χ1n) is 10.4. The molecule has 0 aromatic rings. The van der Waals surface area contributed by atoms with E-state index in [4.69, 9.17) is 14.2 Å². The van der Waals surface area contributed by atoms with Crippen molar-refractivity contribution in [3.05, 3.63) is 0 Å². The summed E-state index contributed by atoms with van der Waals surface area (Å²) >= 11 is 0. The minimum absolute atomic E-state index is 0.0819. The number of aliphatic hydroxyl groups excluding tert-OH is 2. The first kappa shape index (κ1) is 19.0. The molecule has 5 fully saturated rings. The standard InChI is InChI=1S/C21H30O7/c1-19(2)5-4-13-21(9-27-17(24)15(19)21)14-12(22)6-10-7-20(14,18(25)28-13)16(23)11(10)8-26-3/h10-15,17,22,24H,4-9H2,1-3H3/t10-,11-,12+,13+,14-,15?,17-,20+,21?/m1/s1. The van der Waals surface area contributed by atoms with Crippen LogP contribution in [0.1, 0.15) is 39.5 Å². The van der Waals surface area contributed by atoms with Crippen molar-refractivity contribution < 1.29 is 34.0 Å². The molecule has 0 amide bonds. The molecule has 2 aliphatic heterocycles. The summed E-state index contributed by atoms with van der Waals surface area (Å²) in [7, 11) is 1.55. The maximum absolute atomic E-state index is 13.6. The zero-order chi connectivity index (χ0) is 20.1. The van der Waals surface area contributed by atoms with Gasteiger partial charge in [0.05, 0.1) is 19.3 Å². The molecule has 5 rings (SSSR count). The molecule has 7 heteroatoms. The van der Waals surface area contributed by atoms with Gasteiger partial charge in [0.25, 0.3) is 0 Å². The monoisotopic (exact) mass is 394 g/mol. The van der Waals surface area contributed by atoms with Crippen molar-refractivity contribution in [3.63, 3.8) is 0 Å². The van der Waals surface area contributed by atoms with Crippen LogP contribution in [-0.4, -0.2) is 60.8 Å². The van der Waals surface area contributed by atoms with Gasteiger partial charge in [0.1, 0.15) is 11.5 Å². The topological polar surface area (TPSA) is 102 Å². The van der Waals surface area contributed by atoms with E-state index in [0.29, 0.717) is 19.3 Å². The van der Waals surface area contributed by atoms with Gasteiger partial charge >= 0.3 is 5.97 Å². The molecule has 2 unspecified atom stereocenters. The normalized spacial score (nSPS) is 54.0. The van der Waals surface area contributed by atoms with Crippen LogP contribution in [0.15, 0.2) is 0 Å². The van der Waals surface area contributed by atoms with Gasteiger partial charge in [0, 0.05) is 30.3 Å². The summed E-state index contributed by atoms with van der Waals surface area (Å²) < 4.78 is 17.0. The number of hydrogen-bond donors (Lipinski definition) is 2. The number of hydrogen-bond acceptors (Lipinski definition) is 7. The molecule has 5 aliphatic rings. The molecule has 3 aliphatic carbocycles. The number of Topliss-reactive ketones (excluding diaryl/α,β-unsaturated/α-hetero) is 1. The zero-order valence-electron chi connectivity index (χ0n) is 16.7. The summed E-state index contributed by atoms with van der Waals surface area (Å²) in [6.45, 7) is 4.65. The number of ketones is 1. The predicted molar refractivity (Wildman–Crippen MR) is 95.8 cm³/mol. The van der Waals surface area contributed by atoms with E-state index in [9.17, 15) is 19.8 Å². The molecule has 156 valence electrons. The smallest absolute Gasteiger partial charge is 0.320 e. The van der Waals surface area contributed by atoms with Crippen LogP contribution in [0.3, 0.4) is 0 Å². The van der Waals surface area contributed by atoms with E-state index in [2.05, 4.69) is 13.8 Å². The van der Waals surface area contributed by atoms with Gasteiger partial charge < -0.3 is 24.4 Å². The van der Waals surface area contributed by atoms with E-state index in [1.807, 2.05) is 0 Å². The summed E-state index contributed by atoms with van der Waals surface area (Å²) in [5.41, 5.74) is -2.33. The number of methoxy groups -OCH3 is 1. The fourth-order valence-corrected chi connectivity index (χ4v) is 7.92. The van der Waals surface area contributed by atoms with E-state index < -0.39 is 47.1 Å². The van der Waals surface area contributed by atoms with Crippen molar-refractivity contribution in [2.75, 3.05) is 20.3 Å². The van der Waals surface area contributed by atoms with Crippen molar-refractivity contribution in [2.45, 2.75) is 58.0 Å². The van der Waals surface area contributed by atoms with Crippen molar-refractivity contribution in [2.24, 2.45) is 39.9 Å². The highest BCUT2D eigenvalue weighted by Gasteiger charge is 2.79. The molecule has 7 nitrogen and oxygen atoms in total. The molecule has 2 N–H and O–H groups in total. The second-order valence-corrected chi connectivity index (χ2v) is 10.4. The highest BCUT2D eigenvalue weighted by atomic mass is 16.6. The Bertz CT molecular complexity index is 720. The van der Waals surface area contributed by atoms with Crippen molar-refractivity contribution in [1.82, 2.24) is 0 Å². The van der Waals surface area contributed by atoms with E-state index in [-0.39, 0.29) is 36.2 Å². The zero-order valence-corrected chi connectivity index (χ0v) is 16.7. The van der Waals surface area contributed by atoms with Gasteiger partial charge in [-0.15, -0.1) is 0 Å². The van der Waals surface area contributed by atoms with Gasteiger partial charge in [-0.05, 0) is 37.0 Å². The summed E-state index contributed by atoms with van der Waals surface area (Å²) in [6, 6.07) is 0. The highest BCUT2D eigenvalue weighted by Crippen LogP contribution is 2.71. The molecule has 2 bridgehead atoms. The van der Waals surface area contributed by atoms with Gasteiger partial charge in [0.2, 0.25) is 0 Å². The first-order valence-corrected chi connectivity index (χ1v) is 10.4. The van der Waals surface area contributed by atoms with Crippen LogP contribution in [-0.2, 0) is 23.8 Å². The van der Waals surface area contributed by atoms with Crippen molar-refractivity contribution in [3.8, 4) is 0 Å². The molecule has 3 saturated carbocycles. The lowest BCUT2D eigenvalue weighted by molar-refractivity contribution is -0.251. The lowest BCUT2D eigenvalue weighted by Crippen LogP contribution is -2.70. The molecule has 0 aromatic heterocycles. The average molecular weight is 394 g/mol. The minimum Gasteiger partial charge on any atom is -0.461 e. The summed E-state index contributed by atoms with van der Waals surface area (Å²) in [5, 5.41) is 22.1. The third-order valence-corrected chi connectivity index (χ3v) is 8.79. The largest absolute Gasteiger partial charge is 0.461 e. The van der Waals surface area contributed by atoms with Crippen LogP contribution in [0.5, 0.6) is 0 Å². The van der Waals surface area contributed by atoms with Gasteiger partial charge in [-0.2, -0.15) is 0 Å². The Balaban J connectivity index is 1.69. The Morgan fingerprint density at radius 1 is 1.21 bits per heavy atom. The minimum atomic E-state index is -1.35. The predicted octanol–water partition coefficient (Wildman–Crippen LogP) is 0.902.